The summed E-state index contributed by atoms with van der Waals surface area (Å²) in [5.41, 5.74) is 4.99. The van der Waals surface area contributed by atoms with Crippen LogP contribution in [0.15, 0.2) is 71.7 Å². The molecule has 176 valence electrons. The lowest BCUT2D eigenvalue weighted by Gasteiger charge is -2.37. The Morgan fingerprint density at radius 1 is 1.12 bits per heavy atom. The molecule has 0 amide bonds. The van der Waals surface area contributed by atoms with Crippen molar-refractivity contribution in [1.29, 1.82) is 0 Å². The number of ketones is 1. The minimum absolute atomic E-state index is 0.0731. The van der Waals surface area contributed by atoms with Gasteiger partial charge in [0.15, 0.2) is 5.78 Å². The van der Waals surface area contributed by atoms with Crippen LogP contribution in [0.5, 0.6) is 0 Å². The smallest absolute Gasteiger partial charge is 0.336 e. The Hall–Kier alpha value is -3.67. The van der Waals surface area contributed by atoms with E-state index in [-0.39, 0.29) is 29.3 Å². The largest absolute Gasteiger partial charge is 0.485 e. The molecule has 34 heavy (non-hydrogen) atoms. The minimum Gasteiger partial charge on any atom is -0.485 e. The summed E-state index contributed by atoms with van der Waals surface area (Å²) < 4.78 is 8.46. The zero-order chi connectivity index (χ0) is 24.7. The number of fused-ring (bicyclic) bond motifs is 2. The molecule has 0 aromatic heterocycles. The van der Waals surface area contributed by atoms with Crippen LogP contribution in [0.2, 0.25) is 0 Å². The summed E-state index contributed by atoms with van der Waals surface area (Å²) in [7, 11) is 7.90. The molecule has 0 bridgehead atoms. The lowest BCUT2D eigenvalue weighted by molar-refractivity contribution is -0.462. The minimum atomic E-state index is -1.06. The van der Waals surface area contributed by atoms with Gasteiger partial charge in [0.25, 0.3) is 0 Å². The van der Waals surface area contributed by atoms with Crippen LogP contribution >= 0.6 is 0 Å². The summed E-state index contributed by atoms with van der Waals surface area (Å²) in [6.45, 7) is 3.63. The molecule has 0 saturated heterocycles. The Bertz CT molecular complexity index is 1250. The van der Waals surface area contributed by atoms with Crippen LogP contribution in [0.25, 0.3) is 5.57 Å². The van der Waals surface area contributed by atoms with Crippen LogP contribution < -0.4 is 0 Å². The Morgan fingerprint density at radius 3 is 2.47 bits per heavy atom. The van der Waals surface area contributed by atoms with Gasteiger partial charge in [-0.1, -0.05) is 38.1 Å². The van der Waals surface area contributed by atoms with E-state index in [0.717, 1.165) is 28.3 Å². The highest BCUT2D eigenvalue weighted by Crippen LogP contribution is 2.45. The van der Waals surface area contributed by atoms with Crippen LogP contribution in [-0.4, -0.2) is 66.3 Å². The number of nitrogens with zero attached hydrogens (tertiary/aromatic N) is 2. The molecular weight excluding hydrogens is 428 g/mol. The fraction of sp³-hybridized carbons (Fsp3) is 0.321. The first-order chi connectivity index (χ1) is 16.1. The van der Waals surface area contributed by atoms with E-state index in [1.807, 2.05) is 75.8 Å². The number of rotatable bonds is 5. The number of ether oxygens (including phenoxy) is 1. The molecule has 3 aliphatic rings. The van der Waals surface area contributed by atoms with Gasteiger partial charge in [0, 0.05) is 49.0 Å². The second-order valence-electron chi connectivity index (χ2n) is 9.51. The summed E-state index contributed by atoms with van der Waals surface area (Å²) in [5.74, 6) is -0.790. The number of benzene rings is 1. The topological polar surface area (TPSA) is 69.9 Å². The Balaban J connectivity index is 1.95. The van der Waals surface area contributed by atoms with E-state index in [1.165, 1.54) is 6.07 Å². The van der Waals surface area contributed by atoms with Crippen molar-refractivity contribution in [3.05, 3.63) is 88.4 Å². The van der Waals surface area contributed by atoms with Crippen molar-refractivity contribution >= 4 is 23.0 Å². The van der Waals surface area contributed by atoms with E-state index in [1.54, 1.807) is 12.1 Å². The van der Waals surface area contributed by atoms with Gasteiger partial charge in [-0.05, 0) is 29.4 Å². The van der Waals surface area contributed by atoms with Crippen molar-refractivity contribution < 1.29 is 24.0 Å². The standard InChI is InChI=1S/C28H30N2O4/c1-16(2)27(31)17-7-10-20(23(13-17)28(32)33)26-21-11-8-18(29(3)4)14-24(21)34-25-15-19(30(5)6)9-12-22(25)26/h7-16,21,25H,1-6H3/p+1. The SMILES string of the molecule is CC(C)C(=O)c1ccc(C2=C3C=CC(N(C)C)=CC3OC3=CC(=[N+](C)C)C=CC32)c(C(=O)O)c1. The van der Waals surface area contributed by atoms with Crippen molar-refractivity contribution in [2.24, 2.45) is 11.8 Å². The second kappa shape index (κ2) is 8.93. The first-order valence-electron chi connectivity index (χ1n) is 11.4. The monoisotopic (exact) mass is 459 g/mol. The van der Waals surface area contributed by atoms with Gasteiger partial charge in [-0.2, -0.15) is 0 Å². The Labute approximate surface area is 200 Å². The van der Waals surface area contributed by atoms with Gasteiger partial charge < -0.3 is 14.7 Å². The maximum Gasteiger partial charge on any atom is 0.336 e. The molecule has 0 fully saturated rings. The van der Waals surface area contributed by atoms with E-state index in [9.17, 15) is 14.7 Å². The van der Waals surface area contributed by atoms with Gasteiger partial charge in [-0.25, -0.2) is 9.37 Å². The number of likely N-dealkylation sites (N-methyl/N-ethyl adjacent to an activating group) is 1. The maximum absolute atomic E-state index is 12.6. The van der Waals surface area contributed by atoms with E-state index < -0.39 is 5.97 Å². The number of carboxylic acid groups (broad SMARTS) is 1. The van der Waals surface area contributed by atoms with Gasteiger partial charge in [0.05, 0.1) is 11.5 Å². The third-order valence-corrected chi connectivity index (χ3v) is 6.39. The van der Waals surface area contributed by atoms with E-state index in [4.69, 9.17) is 4.74 Å². The third-order valence-electron chi connectivity index (χ3n) is 6.39. The Morgan fingerprint density at radius 2 is 1.85 bits per heavy atom. The van der Waals surface area contributed by atoms with Crippen LogP contribution in [0.4, 0.5) is 0 Å². The van der Waals surface area contributed by atoms with Gasteiger partial charge >= 0.3 is 5.97 Å². The average molecular weight is 460 g/mol. The van der Waals surface area contributed by atoms with Crippen LogP contribution in [0.1, 0.15) is 40.1 Å². The molecule has 0 saturated carbocycles. The second-order valence-corrected chi connectivity index (χ2v) is 9.51. The summed E-state index contributed by atoms with van der Waals surface area (Å²) in [6, 6.07) is 5.03. The molecular formula is C28H31N2O4+. The molecule has 1 aromatic carbocycles. The summed E-state index contributed by atoms with van der Waals surface area (Å²) in [4.78, 5) is 27.0. The highest BCUT2D eigenvalue weighted by atomic mass is 16.5. The lowest BCUT2D eigenvalue weighted by atomic mass is 9.77. The molecule has 1 heterocycles. The molecule has 1 aliphatic heterocycles. The molecule has 1 aromatic rings. The number of hydrogen-bond donors (Lipinski definition) is 1. The van der Waals surface area contributed by atoms with Crippen molar-refractivity contribution in [3.63, 3.8) is 0 Å². The van der Waals surface area contributed by atoms with Crippen molar-refractivity contribution in [2.45, 2.75) is 20.0 Å². The molecule has 4 rings (SSSR count). The van der Waals surface area contributed by atoms with Gasteiger partial charge in [0.2, 0.25) is 5.71 Å². The number of Topliss-reactive ketones (excluding diaryl/α,β-unsaturated/α-hetero) is 1. The predicted molar refractivity (Wildman–Crippen MR) is 133 cm³/mol. The third kappa shape index (κ3) is 4.16. The average Bonchev–Trinajstić information content (AvgIpc) is 2.80. The van der Waals surface area contributed by atoms with Crippen LogP contribution in [0, 0.1) is 11.8 Å². The zero-order valence-corrected chi connectivity index (χ0v) is 20.5. The van der Waals surface area contributed by atoms with Gasteiger partial charge in [0.1, 0.15) is 26.0 Å². The molecule has 6 nitrogen and oxygen atoms in total. The Kier molecular flexibility index (Phi) is 6.17. The van der Waals surface area contributed by atoms with Crippen molar-refractivity contribution in [3.8, 4) is 0 Å². The summed E-state index contributed by atoms with van der Waals surface area (Å²) in [5, 5.41) is 10.1. The number of carboxylic acids is 1. The van der Waals surface area contributed by atoms with E-state index in [2.05, 4.69) is 12.2 Å². The molecule has 2 atom stereocenters. The highest BCUT2D eigenvalue weighted by Gasteiger charge is 2.37. The summed E-state index contributed by atoms with van der Waals surface area (Å²) >= 11 is 0. The van der Waals surface area contributed by atoms with E-state index in [0.29, 0.717) is 11.1 Å². The van der Waals surface area contributed by atoms with Crippen LogP contribution in [-0.2, 0) is 4.74 Å². The fourth-order valence-corrected chi connectivity index (χ4v) is 4.50. The normalized spacial score (nSPS) is 20.9. The van der Waals surface area contributed by atoms with Crippen molar-refractivity contribution in [1.82, 2.24) is 4.90 Å². The van der Waals surface area contributed by atoms with Gasteiger partial charge in [-0.3, -0.25) is 4.79 Å². The first kappa shape index (κ1) is 23.5. The van der Waals surface area contributed by atoms with E-state index >= 15 is 0 Å². The van der Waals surface area contributed by atoms with Crippen molar-refractivity contribution in [2.75, 3.05) is 28.2 Å². The highest BCUT2D eigenvalue weighted by molar-refractivity contribution is 6.05. The number of hydrogen-bond acceptors (Lipinski definition) is 4. The quantitative estimate of drug-likeness (QED) is 0.529. The molecule has 0 radical (unpaired) electrons. The molecule has 0 spiro atoms. The lowest BCUT2D eigenvalue weighted by Crippen LogP contribution is -2.31. The number of allylic oxidation sites excluding steroid dienone is 4. The first-order valence-corrected chi connectivity index (χ1v) is 11.4. The fourth-order valence-electron chi connectivity index (χ4n) is 4.50. The molecule has 2 aliphatic carbocycles. The summed E-state index contributed by atoms with van der Waals surface area (Å²) in [6.07, 6.45) is 11.9. The number of carbonyl (C=O) groups is 2. The molecule has 1 N–H and O–H groups in total. The predicted octanol–water partition coefficient (Wildman–Crippen LogP) is 4.17. The molecule has 6 heteroatoms. The zero-order valence-electron chi connectivity index (χ0n) is 20.5. The number of aromatic carboxylic acids is 1. The van der Waals surface area contributed by atoms with Gasteiger partial charge in [-0.15, -0.1) is 0 Å². The molecule has 2 unspecified atom stereocenters. The number of carbonyl (C=O) groups excluding carboxylic acids is 1. The maximum atomic E-state index is 12.6. The van der Waals surface area contributed by atoms with Crippen LogP contribution in [0.3, 0.4) is 0 Å².